The summed E-state index contributed by atoms with van der Waals surface area (Å²) in [6, 6.07) is 12.4. The third kappa shape index (κ3) is 2.61. The maximum absolute atomic E-state index is 13.6. The molecule has 16 heavy (non-hydrogen) atoms. The quantitative estimate of drug-likeness (QED) is 0.647. The van der Waals surface area contributed by atoms with Crippen molar-refractivity contribution in [1.29, 1.82) is 0 Å². The monoisotopic (exact) mass is 236 g/mol. The van der Waals surface area contributed by atoms with Crippen molar-refractivity contribution in [2.45, 2.75) is 14.4 Å². The Kier molecular flexibility index (Phi) is 4.08. The second-order valence-electron chi connectivity index (χ2n) is 3.49. The lowest BCUT2D eigenvalue weighted by Gasteiger charge is -2.04. The van der Waals surface area contributed by atoms with Gasteiger partial charge in [-0.05, 0) is 36.2 Å². The lowest BCUT2D eigenvalue weighted by atomic mass is 10.0. The van der Waals surface area contributed by atoms with E-state index in [1.807, 2.05) is 25.1 Å². The summed E-state index contributed by atoms with van der Waals surface area (Å²) in [5, 5.41) is 0.659. The zero-order chi connectivity index (χ0) is 10.8. The molecule has 0 aliphatic heterocycles. The van der Waals surface area contributed by atoms with Crippen molar-refractivity contribution in [3.05, 3.63) is 58.9 Å². The summed E-state index contributed by atoms with van der Waals surface area (Å²) >= 11 is 5.77. The molecule has 0 radical (unpaired) electrons. The van der Waals surface area contributed by atoms with E-state index in [9.17, 15) is 4.39 Å². The maximum atomic E-state index is 13.6. The molecule has 0 spiro atoms. The average molecular weight is 237 g/mol. The molecule has 2 heteroatoms. The first-order valence-corrected chi connectivity index (χ1v) is 5.07. The molecule has 0 unspecified atom stereocenters. The summed E-state index contributed by atoms with van der Waals surface area (Å²) in [6.07, 6.45) is 0. The van der Waals surface area contributed by atoms with Crippen molar-refractivity contribution in [1.82, 2.24) is 0 Å². The van der Waals surface area contributed by atoms with E-state index >= 15 is 0 Å². The molecule has 0 amide bonds. The first-order chi connectivity index (χ1) is 7.16. The Morgan fingerprint density at radius 1 is 1.00 bits per heavy atom. The molecule has 0 aliphatic carbocycles. The van der Waals surface area contributed by atoms with Crippen molar-refractivity contribution >= 4 is 11.6 Å². The lowest BCUT2D eigenvalue weighted by molar-refractivity contribution is 0.630. The van der Waals surface area contributed by atoms with Crippen LogP contribution in [0, 0.1) is 12.7 Å². The number of halogens is 2. The SMILES string of the molecule is C.Cc1ccc(-c2ccc(Cl)cc2)c(F)c1. The van der Waals surface area contributed by atoms with Gasteiger partial charge < -0.3 is 0 Å². The number of aryl methyl sites for hydroxylation is 1. The van der Waals surface area contributed by atoms with E-state index in [-0.39, 0.29) is 13.2 Å². The van der Waals surface area contributed by atoms with Gasteiger partial charge in [-0.25, -0.2) is 4.39 Å². The zero-order valence-electron chi connectivity index (χ0n) is 8.30. The third-order valence-electron chi connectivity index (χ3n) is 2.28. The van der Waals surface area contributed by atoms with E-state index < -0.39 is 0 Å². The summed E-state index contributed by atoms with van der Waals surface area (Å²) in [5.41, 5.74) is 2.37. The summed E-state index contributed by atoms with van der Waals surface area (Å²) in [5.74, 6) is -0.197. The molecular weight excluding hydrogens is 223 g/mol. The number of hydrogen-bond acceptors (Lipinski definition) is 0. The molecule has 0 aromatic heterocycles. The fourth-order valence-electron chi connectivity index (χ4n) is 1.48. The van der Waals surface area contributed by atoms with E-state index in [0.717, 1.165) is 11.1 Å². The largest absolute Gasteiger partial charge is 0.206 e. The second-order valence-corrected chi connectivity index (χ2v) is 3.93. The molecule has 0 saturated heterocycles. The Morgan fingerprint density at radius 3 is 2.19 bits per heavy atom. The van der Waals surface area contributed by atoms with Gasteiger partial charge in [0.15, 0.2) is 0 Å². The molecule has 0 fully saturated rings. The molecule has 0 heterocycles. The number of rotatable bonds is 1. The van der Waals surface area contributed by atoms with Gasteiger partial charge in [-0.15, -0.1) is 0 Å². The molecule has 2 aromatic rings. The molecule has 84 valence electrons. The topological polar surface area (TPSA) is 0 Å². The van der Waals surface area contributed by atoms with Crippen molar-refractivity contribution in [3.8, 4) is 11.1 Å². The van der Waals surface area contributed by atoms with Crippen LogP contribution in [0.1, 0.15) is 13.0 Å². The van der Waals surface area contributed by atoms with Crippen LogP contribution in [-0.4, -0.2) is 0 Å². The molecule has 2 rings (SSSR count). The van der Waals surface area contributed by atoms with E-state index in [1.165, 1.54) is 6.07 Å². The van der Waals surface area contributed by atoms with Gasteiger partial charge >= 0.3 is 0 Å². The highest BCUT2D eigenvalue weighted by Gasteiger charge is 2.04. The van der Waals surface area contributed by atoms with Gasteiger partial charge in [-0.2, -0.15) is 0 Å². The third-order valence-corrected chi connectivity index (χ3v) is 2.53. The van der Waals surface area contributed by atoms with Crippen molar-refractivity contribution < 1.29 is 4.39 Å². The van der Waals surface area contributed by atoms with Gasteiger partial charge in [0.1, 0.15) is 5.82 Å². The highest BCUT2D eigenvalue weighted by Crippen LogP contribution is 2.24. The molecule has 0 saturated carbocycles. The Hall–Kier alpha value is -1.34. The first kappa shape index (κ1) is 12.7. The van der Waals surface area contributed by atoms with Gasteiger partial charge in [0.2, 0.25) is 0 Å². The fraction of sp³-hybridized carbons (Fsp3) is 0.143. The molecule has 0 N–H and O–H groups in total. The summed E-state index contributed by atoms with van der Waals surface area (Å²) in [7, 11) is 0. The van der Waals surface area contributed by atoms with Gasteiger partial charge in [0.25, 0.3) is 0 Å². The van der Waals surface area contributed by atoms with Crippen LogP contribution < -0.4 is 0 Å². The van der Waals surface area contributed by atoms with E-state index in [4.69, 9.17) is 11.6 Å². The van der Waals surface area contributed by atoms with Gasteiger partial charge in [-0.1, -0.05) is 43.3 Å². The van der Waals surface area contributed by atoms with Crippen molar-refractivity contribution in [2.75, 3.05) is 0 Å². The van der Waals surface area contributed by atoms with Crippen LogP contribution in [0.4, 0.5) is 4.39 Å². The Labute approximate surface area is 101 Å². The van der Waals surface area contributed by atoms with Crippen LogP contribution in [0.2, 0.25) is 5.02 Å². The summed E-state index contributed by atoms with van der Waals surface area (Å²) in [4.78, 5) is 0. The van der Waals surface area contributed by atoms with Crippen molar-refractivity contribution in [2.24, 2.45) is 0 Å². The minimum Gasteiger partial charge on any atom is -0.206 e. The smallest absolute Gasteiger partial charge is 0.131 e. The van der Waals surface area contributed by atoms with Crippen LogP contribution in [0.25, 0.3) is 11.1 Å². The molecule has 0 atom stereocenters. The summed E-state index contributed by atoms with van der Waals surface area (Å²) < 4.78 is 13.6. The minimum atomic E-state index is -0.197. The predicted octanol–water partition coefficient (Wildman–Crippen LogP) is 5.09. The van der Waals surface area contributed by atoms with Gasteiger partial charge in [0, 0.05) is 10.6 Å². The van der Waals surface area contributed by atoms with Gasteiger partial charge in [-0.3, -0.25) is 0 Å². The standard InChI is InChI=1S/C13H10ClF.CH4/c1-9-2-7-12(13(15)8-9)10-3-5-11(14)6-4-10;/h2-8H,1H3;1H4. The molecule has 2 aromatic carbocycles. The maximum Gasteiger partial charge on any atom is 0.131 e. The number of hydrogen-bond donors (Lipinski definition) is 0. The highest BCUT2D eigenvalue weighted by molar-refractivity contribution is 6.30. The second kappa shape index (κ2) is 5.13. The van der Waals surface area contributed by atoms with Crippen LogP contribution in [0.15, 0.2) is 42.5 Å². The van der Waals surface area contributed by atoms with Crippen LogP contribution in [0.3, 0.4) is 0 Å². The normalized spacial score (nSPS) is 9.69. The Balaban J connectivity index is 0.00000128. The average Bonchev–Trinajstić information content (AvgIpc) is 2.20. The minimum absolute atomic E-state index is 0. The highest BCUT2D eigenvalue weighted by atomic mass is 35.5. The number of benzene rings is 2. The summed E-state index contributed by atoms with van der Waals surface area (Å²) in [6.45, 7) is 1.87. The predicted molar refractivity (Wildman–Crippen MR) is 68.3 cm³/mol. The van der Waals surface area contributed by atoms with Crippen LogP contribution >= 0.6 is 11.6 Å². The first-order valence-electron chi connectivity index (χ1n) is 4.69. The van der Waals surface area contributed by atoms with E-state index in [1.54, 1.807) is 18.2 Å². The molecule has 0 nitrogen and oxygen atoms in total. The van der Waals surface area contributed by atoms with Crippen LogP contribution in [0.5, 0.6) is 0 Å². The fourth-order valence-corrected chi connectivity index (χ4v) is 1.61. The van der Waals surface area contributed by atoms with Crippen molar-refractivity contribution in [3.63, 3.8) is 0 Å². The molecular formula is C14H14ClF. The van der Waals surface area contributed by atoms with E-state index in [0.29, 0.717) is 10.6 Å². The molecule has 0 bridgehead atoms. The Morgan fingerprint density at radius 2 is 1.62 bits per heavy atom. The van der Waals surface area contributed by atoms with Gasteiger partial charge in [0.05, 0.1) is 0 Å². The Bertz CT molecular complexity index is 475. The van der Waals surface area contributed by atoms with E-state index in [2.05, 4.69) is 0 Å². The van der Waals surface area contributed by atoms with Crippen LogP contribution in [-0.2, 0) is 0 Å². The lowest BCUT2D eigenvalue weighted by Crippen LogP contribution is -1.85. The molecule has 0 aliphatic rings. The zero-order valence-corrected chi connectivity index (χ0v) is 9.05.